The van der Waals surface area contributed by atoms with E-state index in [1.165, 1.54) is 6.07 Å². The van der Waals surface area contributed by atoms with Crippen LogP contribution in [0.3, 0.4) is 0 Å². The van der Waals surface area contributed by atoms with Gasteiger partial charge >= 0.3 is 0 Å². The van der Waals surface area contributed by atoms with Gasteiger partial charge in [0.1, 0.15) is 17.2 Å². The van der Waals surface area contributed by atoms with Crippen molar-refractivity contribution in [2.75, 3.05) is 7.05 Å². The Morgan fingerprint density at radius 1 is 1.19 bits per heavy atom. The summed E-state index contributed by atoms with van der Waals surface area (Å²) in [5, 5.41) is 4.63. The molecule has 1 aromatic heterocycles. The summed E-state index contributed by atoms with van der Waals surface area (Å²) in [7, 11) is 1.84. The van der Waals surface area contributed by atoms with Crippen LogP contribution >= 0.6 is 11.6 Å². The summed E-state index contributed by atoms with van der Waals surface area (Å²) in [6, 6.07) is 14.5. The molecule has 3 aromatic rings. The van der Waals surface area contributed by atoms with Crippen molar-refractivity contribution in [3.63, 3.8) is 0 Å². The minimum atomic E-state index is -0.293. The van der Waals surface area contributed by atoms with Crippen molar-refractivity contribution in [3.05, 3.63) is 70.7 Å². The van der Waals surface area contributed by atoms with E-state index in [2.05, 4.69) is 5.32 Å². The number of hydrogen-bond acceptors (Lipinski definition) is 2. The largest absolute Gasteiger partial charge is 0.459 e. The highest BCUT2D eigenvalue weighted by Gasteiger charge is 2.17. The molecule has 4 heteroatoms. The molecule has 0 aliphatic heterocycles. The van der Waals surface area contributed by atoms with Crippen molar-refractivity contribution in [3.8, 4) is 0 Å². The Labute approximate surface area is 127 Å². The average molecular weight is 304 g/mol. The molecule has 0 aliphatic carbocycles. The monoisotopic (exact) mass is 303 g/mol. The van der Waals surface area contributed by atoms with Gasteiger partial charge in [0.05, 0.1) is 6.04 Å². The third-order valence-electron chi connectivity index (χ3n) is 3.58. The minimum Gasteiger partial charge on any atom is -0.459 e. The SMILES string of the molecule is CNC(Cc1ccc(Cl)cc1F)c1cc2ccccc2o1. The van der Waals surface area contributed by atoms with Crippen LogP contribution in [0.1, 0.15) is 17.4 Å². The van der Waals surface area contributed by atoms with Crippen molar-refractivity contribution in [1.82, 2.24) is 5.32 Å². The maximum Gasteiger partial charge on any atom is 0.134 e. The number of furan rings is 1. The Bertz CT molecular complexity index is 735. The number of rotatable bonds is 4. The number of halogens is 2. The third-order valence-corrected chi connectivity index (χ3v) is 3.81. The summed E-state index contributed by atoms with van der Waals surface area (Å²) < 4.78 is 19.8. The topological polar surface area (TPSA) is 25.2 Å². The fourth-order valence-corrected chi connectivity index (χ4v) is 2.58. The molecule has 1 unspecified atom stereocenters. The molecule has 0 saturated heterocycles. The van der Waals surface area contributed by atoms with Gasteiger partial charge in [-0.05, 0) is 43.3 Å². The summed E-state index contributed by atoms with van der Waals surface area (Å²) in [6.45, 7) is 0. The summed E-state index contributed by atoms with van der Waals surface area (Å²) >= 11 is 5.78. The minimum absolute atomic E-state index is 0.0897. The van der Waals surface area contributed by atoms with Gasteiger partial charge in [-0.25, -0.2) is 4.39 Å². The van der Waals surface area contributed by atoms with Crippen LogP contribution in [0.25, 0.3) is 11.0 Å². The average Bonchev–Trinajstić information content (AvgIpc) is 2.90. The van der Waals surface area contributed by atoms with Gasteiger partial charge in [0, 0.05) is 10.4 Å². The Balaban J connectivity index is 1.90. The van der Waals surface area contributed by atoms with Gasteiger partial charge in [0.25, 0.3) is 0 Å². The molecule has 1 N–H and O–H groups in total. The molecule has 0 bridgehead atoms. The summed E-state index contributed by atoms with van der Waals surface area (Å²) in [5.41, 5.74) is 1.45. The Hall–Kier alpha value is -1.84. The molecule has 0 saturated carbocycles. The molecular formula is C17H15ClFNO. The molecule has 2 aromatic carbocycles. The van der Waals surface area contributed by atoms with Crippen LogP contribution in [-0.2, 0) is 6.42 Å². The van der Waals surface area contributed by atoms with Gasteiger partial charge in [-0.2, -0.15) is 0 Å². The van der Waals surface area contributed by atoms with Crippen molar-refractivity contribution in [2.45, 2.75) is 12.5 Å². The zero-order chi connectivity index (χ0) is 14.8. The molecule has 3 rings (SSSR count). The van der Waals surface area contributed by atoms with E-state index < -0.39 is 0 Å². The van der Waals surface area contributed by atoms with Crippen LogP contribution in [0.2, 0.25) is 5.02 Å². The van der Waals surface area contributed by atoms with Crippen molar-refractivity contribution in [2.24, 2.45) is 0 Å². The Morgan fingerprint density at radius 3 is 2.71 bits per heavy atom. The smallest absolute Gasteiger partial charge is 0.134 e. The number of hydrogen-bond donors (Lipinski definition) is 1. The second-order valence-corrected chi connectivity index (χ2v) is 5.40. The van der Waals surface area contributed by atoms with Crippen molar-refractivity contribution in [1.29, 1.82) is 0 Å². The normalized spacial score (nSPS) is 12.7. The molecule has 1 heterocycles. The standard InChI is InChI=1S/C17H15ClFNO/c1-20-15(8-11-6-7-13(18)10-14(11)19)17-9-12-4-2-3-5-16(12)21-17/h2-7,9-10,15,20H,8H2,1H3. The lowest BCUT2D eigenvalue weighted by Gasteiger charge is -2.14. The molecule has 0 fully saturated rings. The molecule has 108 valence electrons. The zero-order valence-corrected chi connectivity index (χ0v) is 12.3. The molecular weight excluding hydrogens is 289 g/mol. The van der Waals surface area contributed by atoms with E-state index >= 15 is 0 Å². The van der Waals surface area contributed by atoms with E-state index in [0.717, 1.165) is 16.7 Å². The first-order chi connectivity index (χ1) is 10.2. The van der Waals surface area contributed by atoms with E-state index in [9.17, 15) is 4.39 Å². The fraction of sp³-hybridized carbons (Fsp3) is 0.176. The second kappa shape index (κ2) is 5.88. The van der Waals surface area contributed by atoms with Gasteiger partial charge in [-0.3, -0.25) is 0 Å². The first kappa shape index (κ1) is 14.1. The highest BCUT2D eigenvalue weighted by Crippen LogP contribution is 2.27. The number of nitrogens with one attached hydrogen (secondary N) is 1. The van der Waals surface area contributed by atoms with Crippen LogP contribution in [0, 0.1) is 5.82 Å². The zero-order valence-electron chi connectivity index (χ0n) is 11.6. The molecule has 2 nitrogen and oxygen atoms in total. The van der Waals surface area contributed by atoms with E-state index in [0.29, 0.717) is 17.0 Å². The van der Waals surface area contributed by atoms with Gasteiger partial charge in [-0.1, -0.05) is 35.9 Å². The molecule has 0 radical (unpaired) electrons. The maximum absolute atomic E-state index is 13.9. The maximum atomic E-state index is 13.9. The molecule has 0 spiro atoms. The molecule has 0 aliphatic rings. The fourth-order valence-electron chi connectivity index (χ4n) is 2.43. The van der Waals surface area contributed by atoms with Gasteiger partial charge in [0.15, 0.2) is 0 Å². The second-order valence-electron chi connectivity index (χ2n) is 4.97. The summed E-state index contributed by atoms with van der Waals surface area (Å²) in [5.74, 6) is 0.506. The van der Waals surface area contributed by atoms with Crippen LogP contribution in [0.4, 0.5) is 4.39 Å². The van der Waals surface area contributed by atoms with E-state index in [1.807, 2.05) is 37.4 Å². The van der Waals surface area contributed by atoms with Crippen molar-refractivity contribution >= 4 is 22.6 Å². The lowest BCUT2D eigenvalue weighted by atomic mass is 10.0. The van der Waals surface area contributed by atoms with Crippen LogP contribution in [-0.4, -0.2) is 7.05 Å². The Morgan fingerprint density at radius 2 is 2.00 bits per heavy atom. The molecule has 21 heavy (non-hydrogen) atoms. The first-order valence-corrected chi connectivity index (χ1v) is 7.15. The third kappa shape index (κ3) is 2.94. The predicted molar refractivity (Wildman–Crippen MR) is 83.1 cm³/mol. The molecule has 0 amide bonds. The Kier molecular flexibility index (Phi) is 3.95. The van der Waals surface area contributed by atoms with Crippen molar-refractivity contribution < 1.29 is 8.81 Å². The van der Waals surface area contributed by atoms with E-state index in [4.69, 9.17) is 16.0 Å². The number of likely N-dealkylation sites (N-methyl/N-ethyl adjacent to an activating group) is 1. The lowest BCUT2D eigenvalue weighted by molar-refractivity contribution is 0.445. The van der Waals surface area contributed by atoms with Gasteiger partial charge < -0.3 is 9.73 Å². The highest BCUT2D eigenvalue weighted by atomic mass is 35.5. The predicted octanol–water partition coefficient (Wildman–Crippen LogP) is 4.73. The van der Waals surface area contributed by atoms with E-state index in [-0.39, 0.29) is 11.9 Å². The summed E-state index contributed by atoms with van der Waals surface area (Å²) in [6.07, 6.45) is 0.499. The highest BCUT2D eigenvalue weighted by molar-refractivity contribution is 6.30. The van der Waals surface area contributed by atoms with Crippen LogP contribution < -0.4 is 5.32 Å². The van der Waals surface area contributed by atoms with Gasteiger partial charge in [0.2, 0.25) is 0 Å². The van der Waals surface area contributed by atoms with Crippen LogP contribution in [0.5, 0.6) is 0 Å². The quantitative estimate of drug-likeness (QED) is 0.754. The van der Waals surface area contributed by atoms with Gasteiger partial charge in [-0.15, -0.1) is 0 Å². The molecule has 1 atom stereocenters. The number of para-hydroxylation sites is 1. The van der Waals surface area contributed by atoms with E-state index in [1.54, 1.807) is 12.1 Å². The van der Waals surface area contributed by atoms with Crippen LogP contribution in [0.15, 0.2) is 52.9 Å². The number of fused-ring (bicyclic) bond motifs is 1. The summed E-state index contributed by atoms with van der Waals surface area (Å²) in [4.78, 5) is 0. The first-order valence-electron chi connectivity index (χ1n) is 6.77. The number of benzene rings is 2. The lowest BCUT2D eigenvalue weighted by Crippen LogP contribution is -2.18.